The van der Waals surface area contributed by atoms with E-state index in [0.717, 1.165) is 12.8 Å². The number of fused-ring (bicyclic) bond motifs is 1. The number of likely N-dealkylation sites (tertiary alicyclic amines) is 1. The number of carbonyl (C=O) groups is 3. The van der Waals surface area contributed by atoms with Crippen LogP contribution in [0.1, 0.15) is 36.5 Å². The summed E-state index contributed by atoms with van der Waals surface area (Å²) in [5.74, 6) is -1.04. The van der Waals surface area contributed by atoms with Gasteiger partial charge in [-0.1, -0.05) is 12.5 Å². The summed E-state index contributed by atoms with van der Waals surface area (Å²) in [4.78, 5) is 38.1. The monoisotopic (exact) mass is 359 g/mol. The fourth-order valence-corrected chi connectivity index (χ4v) is 4.27. The number of rotatable bonds is 5. The van der Waals surface area contributed by atoms with Gasteiger partial charge in [0.1, 0.15) is 0 Å². The summed E-state index contributed by atoms with van der Waals surface area (Å²) in [7, 11) is 1.55. The normalized spacial score (nSPS) is 26.2. The van der Waals surface area contributed by atoms with Crippen molar-refractivity contribution in [2.45, 2.75) is 32.2 Å². The molecule has 3 N–H and O–H groups in total. The molecule has 0 aromatic heterocycles. The van der Waals surface area contributed by atoms with Crippen LogP contribution in [0.15, 0.2) is 24.3 Å². The first-order valence-corrected chi connectivity index (χ1v) is 8.98. The molecule has 1 unspecified atom stereocenters. The van der Waals surface area contributed by atoms with Gasteiger partial charge in [0.2, 0.25) is 5.91 Å². The fourth-order valence-electron chi connectivity index (χ4n) is 4.27. The predicted molar refractivity (Wildman–Crippen MR) is 96.9 cm³/mol. The van der Waals surface area contributed by atoms with E-state index in [9.17, 15) is 19.5 Å². The number of carboxylic acids is 1. The maximum Gasteiger partial charge on any atom is 0.311 e. The van der Waals surface area contributed by atoms with Crippen molar-refractivity contribution in [3.8, 4) is 0 Å². The van der Waals surface area contributed by atoms with E-state index < -0.39 is 17.4 Å². The van der Waals surface area contributed by atoms with Crippen LogP contribution < -0.4 is 10.6 Å². The van der Waals surface area contributed by atoms with E-state index in [-0.39, 0.29) is 17.7 Å². The van der Waals surface area contributed by atoms with Crippen LogP contribution in [0.4, 0.5) is 5.69 Å². The number of hydrogen-bond donors (Lipinski definition) is 3. The van der Waals surface area contributed by atoms with Gasteiger partial charge in [-0.05, 0) is 43.9 Å². The largest absolute Gasteiger partial charge is 0.481 e. The van der Waals surface area contributed by atoms with Crippen molar-refractivity contribution in [1.29, 1.82) is 0 Å². The van der Waals surface area contributed by atoms with Crippen LogP contribution >= 0.6 is 0 Å². The van der Waals surface area contributed by atoms with E-state index >= 15 is 0 Å². The number of carbonyl (C=O) groups excluding carboxylic acids is 2. The lowest BCUT2D eigenvalue weighted by atomic mass is 9.81. The zero-order valence-electron chi connectivity index (χ0n) is 15.1. The van der Waals surface area contributed by atoms with Gasteiger partial charge in [0, 0.05) is 31.4 Å². The first kappa shape index (κ1) is 18.4. The molecule has 1 heterocycles. The third-order valence-corrected chi connectivity index (χ3v) is 5.87. The summed E-state index contributed by atoms with van der Waals surface area (Å²) < 4.78 is 0. The zero-order chi connectivity index (χ0) is 18.9. The molecule has 3 rings (SSSR count). The summed E-state index contributed by atoms with van der Waals surface area (Å²) in [6.07, 6.45) is 2.54. The summed E-state index contributed by atoms with van der Waals surface area (Å²) in [5, 5.41) is 15.1. The van der Waals surface area contributed by atoms with Crippen LogP contribution in [-0.4, -0.2) is 54.0 Å². The van der Waals surface area contributed by atoms with Crippen LogP contribution in [0.3, 0.4) is 0 Å². The van der Waals surface area contributed by atoms with Gasteiger partial charge in [-0.15, -0.1) is 0 Å². The number of carboxylic acid groups (broad SMARTS) is 1. The van der Waals surface area contributed by atoms with Gasteiger partial charge in [-0.2, -0.15) is 0 Å². The van der Waals surface area contributed by atoms with Crippen LogP contribution in [0.2, 0.25) is 0 Å². The Bertz CT molecular complexity index is 735. The van der Waals surface area contributed by atoms with Gasteiger partial charge < -0.3 is 15.7 Å². The molecule has 0 bridgehead atoms. The van der Waals surface area contributed by atoms with Gasteiger partial charge in [0.15, 0.2) is 0 Å². The molecule has 1 aliphatic carbocycles. The minimum absolute atomic E-state index is 0.117. The molecule has 1 aromatic carbocycles. The van der Waals surface area contributed by atoms with Gasteiger partial charge in [0.05, 0.1) is 11.5 Å². The van der Waals surface area contributed by atoms with Crippen LogP contribution in [0.5, 0.6) is 0 Å². The molecule has 1 aromatic rings. The van der Waals surface area contributed by atoms with Gasteiger partial charge in [-0.3, -0.25) is 19.3 Å². The Kier molecular flexibility index (Phi) is 5.00. The molecule has 2 fully saturated rings. The average molecular weight is 359 g/mol. The molecular weight excluding hydrogens is 334 g/mol. The van der Waals surface area contributed by atoms with Crippen molar-refractivity contribution < 1.29 is 19.5 Å². The number of nitrogens with zero attached hydrogens (tertiary/aromatic N) is 1. The third-order valence-electron chi connectivity index (χ3n) is 5.87. The first-order chi connectivity index (χ1) is 12.4. The first-order valence-electron chi connectivity index (χ1n) is 8.98. The Morgan fingerprint density at radius 2 is 2.12 bits per heavy atom. The maximum absolute atomic E-state index is 12.6. The lowest BCUT2D eigenvalue weighted by Gasteiger charge is -2.26. The quantitative estimate of drug-likeness (QED) is 0.741. The van der Waals surface area contributed by atoms with Crippen molar-refractivity contribution in [3.05, 3.63) is 29.8 Å². The zero-order valence-corrected chi connectivity index (χ0v) is 15.1. The predicted octanol–water partition coefficient (Wildman–Crippen LogP) is 1.56. The van der Waals surface area contributed by atoms with E-state index in [1.165, 1.54) is 0 Å². The van der Waals surface area contributed by atoms with Crippen molar-refractivity contribution >= 4 is 23.5 Å². The van der Waals surface area contributed by atoms with Crippen LogP contribution in [0.25, 0.3) is 0 Å². The summed E-state index contributed by atoms with van der Waals surface area (Å²) in [6.45, 7) is 2.85. The van der Waals surface area contributed by atoms with Crippen molar-refractivity contribution in [2.75, 3.05) is 25.5 Å². The second-order valence-corrected chi connectivity index (χ2v) is 7.31. The van der Waals surface area contributed by atoms with Crippen molar-refractivity contribution in [2.24, 2.45) is 11.3 Å². The van der Waals surface area contributed by atoms with E-state index in [1.54, 1.807) is 38.2 Å². The summed E-state index contributed by atoms with van der Waals surface area (Å²) in [5.41, 5.74) is 0.321. The molecular formula is C19H25N3O4. The highest BCUT2D eigenvalue weighted by Gasteiger charge is 2.55. The Hall–Kier alpha value is -2.41. The van der Waals surface area contributed by atoms with Gasteiger partial charge in [-0.25, -0.2) is 0 Å². The fraction of sp³-hybridized carbons (Fsp3) is 0.526. The second kappa shape index (κ2) is 7.07. The molecule has 0 spiro atoms. The van der Waals surface area contributed by atoms with Gasteiger partial charge >= 0.3 is 5.97 Å². The highest BCUT2D eigenvalue weighted by Crippen LogP contribution is 2.49. The number of aliphatic carboxylic acids is 1. The topological polar surface area (TPSA) is 98.7 Å². The van der Waals surface area contributed by atoms with Crippen LogP contribution in [0, 0.1) is 11.3 Å². The molecule has 0 radical (unpaired) electrons. The number of benzene rings is 1. The average Bonchev–Trinajstić information content (AvgIpc) is 3.19. The molecule has 2 amide bonds. The number of anilines is 1. The maximum atomic E-state index is 12.6. The summed E-state index contributed by atoms with van der Waals surface area (Å²) >= 11 is 0. The molecule has 140 valence electrons. The molecule has 7 heteroatoms. The van der Waals surface area contributed by atoms with E-state index in [4.69, 9.17) is 0 Å². The summed E-state index contributed by atoms with van der Waals surface area (Å²) in [6, 6.07) is 6.32. The minimum atomic E-state index is -0.742. The second-order valence-electron chi connectivity index (χ2n) is 7.31. The molecule has 26 heavy (non-hydrogen) atoms. The van der Waals surface area contributed by atoms with Crippen LogP contribution in [-0.2, 0) is 9.59 Å². The van der Waals surface area contributed by atoms with Gasteiger partial charge in [0.25, 0.3) is 5.91 Å². The van der Waals surface area contributed by atoms with E-state index in [0.29, 0.717) is 30.8 Å². The van der Waals surface area contributed by atoms with Crippen molar-refractivity contribution in [3.63, 3.8) is 0 Å². The van der Waals surface area contributed by atoms with E-state index in [1.807, 2.05) is 4.90 Å². The molecule has 7 nitrogen and oxygen atoms in total. The molecule has 1 saturated carbocycles. The van der Waals surface area contributed by atoms with E-state index in [2.05, 4.69) is 10.6 Å². The third kappa shape index (κ3) is 3.19. The Balaban J connectivity index is 1.68. The number of hydrogen-bond acceptors (Lipinski definition) is 4. The Morgan fingerprint density at radius 3 is 2.77 bits per heavy atom. The standard InChI is InChI=1S/C19H25N3O4/c1-12(22-10-14-6-4-8-19(14,11-22)18(25)26)16(23)21-15-7-3-5-13(9-15)17(24)20-2/h3,5,7,9,12,14H,4,6,8,10-11H2,1-2H3,(H,20,24)(H,21,23)(H,25,26)/t12?,14-,19+/m0/s1. The smallest absolute Gasteiger partial charge is 0.311 e. The van der Waals surface area contributed by atoms with Crippen molar-refractivity contribution in [1.82, 2.24) is 10.2 Å². The number of amides is 2. The highest BCUT2D eigenvalue weighted by atomic mass is 16.4. The molecule has 2 aliphatic rings. The molecule has 1 aliphatic heterocycles. The molecule has 3 atom stereocenters. The highest BCUT2D eigenvalue weighted by molar-refractivity contribution is 5.98. The lowest BCUT2D eigenvalue weighted by Crippen LogP contribution is -2.43. The SMILES string of the molecule is CNC(=O)c1cccc(NC(=O)C(C)N2C[C@@H]3CCC[C@@]3(C(=O)O)C2)c1. The Morgan fingerprint density at radius 1 is 1.35 bits per heavy atom. The Labute approximate surface area is 152 Å². The number of nitrogens with one attached hydrogen (secondary N) is 2. The lowest BCUT2D eigenvalue weighted by molar-refractivity contribution is -0.149. The minimum Gasteiger partial charge on any atom is -0.481 e. The molecule has 1 saturated heterocycles.